The van der Waals surface area contributed by atoms with E-state index in [1.54, 1.807) is 11.0 Å². The van der Waals surface area contributed by atoms with Crippen molar-refractivity contribution in [2.24, 2.45) is 11.8 Å². The predicted molar refractivity (Wildman–Crippen MR) is 64.9 cm³/mol. The predicted octanol–water partition coefficient (Wildman–Crippen LogP) is 0.767. The number of hydrogen-bond donors (Lipinski definition) is 1. The number of nitrogens with one attached hydrogen (secondary N) is 1. The van der Waals surface area contributed by atoms with Gasteiger partial charge in [-0.1, -0.05) is 27.7 Å². The molecule has 0 saturated carbocycles. The monoisotopic (exact) mass is 239 g/mol. The van der Waals surface area contributed by atoms with E-state index < -0.39 is 11.8 Å². The summed E-state index contributed by atoms with van der Waals surface area (Å²) in [5.74, 6) is -0.640. The third-order valence-electron chi connectivity index (χ3n) is 1.98. The topological polar surface area (TPSA) is 73.2 Å². The molecule has 0 saturated heterocycles. The van der Waals surface area contributed by atoms with Crippen molar-refractivity contribution in [3.63, 3.8) is 0 Å². The molecule has 0 aliphatic rings. The Bertz CT molecular complexity index is 295. The second-order valence-corrected chi connectivity index (χ2v) is 4.84. The van der Waals surface area contributed by atoms with Gasteiger partial charge in [0.2, 0.25) is 0 Å². The normalized spacial score (nSPS) is 10.2. The second-order valence-electron chi connectivity index (χ2n) is 4.84. The zero-order valence-corrected chi connectivity index (χ0v) is 11.0. The van der Waals surface area contributed by atoms with Gasteiger partial charge in [-0.15, -0.1) is 0 Å². The highest BCUT2D eigenvalue weighted by Crippen LogP contribution is 2.04. The molecule has 0 aromatic heterocycles. The molecule has 1 N–H and O–H groups in total. The van der Waals surface area contributed by atoms with Crippen molar-refractivity contribution in [2.45, 2.75) is 27.7 Å². The fourth-order valence-electron chi connectivity index (χ4n) is 1.46. The van der Waals surface area contributed by atoms with Gasteiger partial charge in [0.25, 0.3) is 0 Å². The first kappa shape index (κ1) is 15.4. The van der Waals surface area contributed by atoms with E-state index in [2.05, 4.69) is 5.32 Å². The molecule has 0 radical (unpaired) electrons. The molecule has 5 heteroatoms. The fourth-order valence-corrected chi connectivity index (χ4v) is 1.46. The van der Waals surface area contributed by atoms with Crippen LogP contribution >= 0.6 is 0 Å². The van der Waals surface area contributed by atoms with Crippen molar-refractivity contribution < 1.29 is 9.59 Å². The summed E-state index contributed by atoms with van der Waals surface area (Å²) < 4.78 is 0. The number of nitriles is 1. The zero-order chi connectivity index (χ0) is 13.4. The zero-order valence-electron chi connectivity index (χ0n) is 11.0. The number of hydrogen-bond acceptors (Lipinski definition) is 3. The molecule has 0 heterocycles. The molecule has 0 aromatic rings. The summed E-state index contributed by atoms with van der Waals surface area (Å²) in [5, 5.41) is 10.6. The first-order chi connectivity index (χ1) is 7.88. The Morgan fingerprint density at radius 3 is 2.00 bits per heavy atom. The van der Waals surface area contributed by atoms with E-state index in [1.165, 1.54) is 0 Å². The van der Waals surface area contributed by atoms with Crippen LogP contribution in [0.4, 0.5) is 0 Å². The van der Waals surface area contributed by atoms with Gasteiger partial charge in [-0.25, -0.2) is 0 Å². The summed E-state index contributed by atoms with van der Waals surface area (Å²) in [6.07, 6.45) is 0. The summed E-state index contributed by atoms with van der Waals surface area (Å²) in [7, 11) is 0. The van der Waals surface area contributed by atoms with Crippen LogP contribution in [0.3, 0.4) is 0 Å². The summed E-state index contributed by atoms with van der Waals surface area (Å²) in [6, 6.07) is 1.77. The first-order valence-corrected chi connectivity index (χ1v) is 5.82. The number of nitrogens with zero attached hydrogens (tertiary/aromatic N) is 2. The summed E-state index contributed by atoms with van der Waals surface area (Å²) in [4.78, 5) is 24.8. The van der Waals surface area contributed by atoms with E-state index in [-0.39, 0.29) is 6.54 Å². The smallest absolute Gasteiger partial charge is 0.311 e. The minimum atomic E-state index is -0.701. The molecule has 0 bridgehead atoms. The van der Waals surface area contributed by atoms with E-state index >= 15 is 0 Å². The lowest BCUT2D eigenvalue weighted by Gasteiger charge is -2.25. The van der Waals surface area contributed by atoms with Crippen LogP contribution in [0, 0.1) is 23.2 Å². The van der Waals surface area contributed by atoms with E-state index in [9.17, 15) is 9.59 Å². The standard InChI is InChI=1S/C12H21N3O2/c1-9(2)7-15(8-10(3)4)12(17)11(16)14-6-5-13/h9-10H,6-8H2,1-4H3,(H,14,16). The Morgan fingerprint density at radius 2 is 1.65 bits per heavy atom. The van der Waals surface area contributed by atoms with Crippen LogP contribution in [0.25, 0.3) is 0 Å². The first-order valence-electron chi connectivity index (χ1n) is 5.82. The van der Waals surface area contributed by atoms with Crippen molar-refractivity contribution in [2.75, 3.05) is 19.6 Å². The van der Waals surface area contributed by atoms with Crippen molar-refractivity contribution in [3.05, 3.63) is 0 Å². The quantitative estimate of drug-likeness (QED) is 0.569. The van der Waals surface area contributed by atoms with Gasteiger partial charge in [0, 0.05) is 13.1 Å². The van der Waals surface area contributed by atoms with Gasteiger partial charge in [-0.05, 0) is 11.8 Å². The molecule has 2 amide bonds. The lowest BCUT2D eigenvalue weighted by Crippen LogP contribution is -2.45. The van der Waals surface area contributed by atoms with E-state index in [0.29, 0.717) is 24.9 Å². The highest BCUT2D eigenvalue weighted by atomic mass is 16.2. The maximum Gasteiger partial charge on any atom is 0.311 e. The molecule has 0 atom stereocenters. The van der Waals surface area contributed by atoms with Gasteiger partial charge >= 0.3 is 11.8 Å². The van der Waals surface area contributed by atoms with Crippen molar-refractivity contribution >= 4 is 11.8 Å². The molecular weight excluding hydrogens is 218 g/mol. The van der Waals surface area contributed by atoms with Crippen LogP contribution in [0.1, 0.15) is 27.7 Å². The Hall–Kier alpha value is -1.57. The molecule has 0 aliphatic carbocycles. The average molecular weight is 239 g/mol. The maximum atomic E-state index is 11.8. The molecule has 0 unspecified atom stereocenters. The number of carbonyl (C=O) groups is 2. The molecule has 17 heavy (non-hydrogen) atoms. The van der Waals surface area contributed by atoms with Crippen LogP contribution in [0.2, 0.25) is 0 Å². The summed E-state index contributed by atoms with van der Waals surface area (Å²) in [5.41, 5.74) is 0. The van der Waals surface area contributed by atoms with Gasteiger partial charge in [-0.3, -0.25) is 9.59 Å². The minimum absolute atomic E-state index is 0.137. The Labute approximate surface area is 103 Å². The largest absolute Gasteiger partial charge is 0.335 e. The third kappa shape index (κ3) is 6.56. The SMILES string of the molecule is CC(C)CN(CC(C)C)C(=O)C(=O)NCC#N. The van der Waals surface area contributed by atoms with Gasteiger partial charge < -0.3 is 10.2 Å². The fraction of sp³-hybridized carbons (Fsp3) is 0.750. The van der Waals surface area contributed by atoms with Crippen molar-refractivity contribution in [1.29, 1.82) is 5.26 Å². The minimum Gasteiger partial charge on any atom is -0.335 e. The Kier molecular flexibility index (Phi) is 6.95. The van der Waals surface area contributed by atoms with Crippen LogP contribution < -0.4 is 5.32 Å². The maximum absolute atomic E-state index is 11.8. The molecule has 5 nitrogen and oxygen atoms in total. The van der Waals surface area contributed by atoms with E-state index in [0.717, 1.165) is 0 Å². The summed E-state index contributed by atoms with van der Waals surface area (Å²) >= 11 is 0. The lowest BCUT2D eigenvalue weighted by atomic mass is 10.1. The molecule has 0 aliphatic heterocycles. The highest BCUT2D eigenvalue weighted by Gasteiger charge is 2.22. The van der Waals surface area contributed by atoms with E-state index in [1.807, 2.05) is 27.7 Å². The molecule has 96 valence electrons. The Morgan fingerprint density at radius 1 is 1.18 bits per heavy atom. The Balaban J connectivity index is 4.51. The number of carbonyl (C=O) groups excluding carboxylic acids is 2. The highest BCUT2D eigenvalue weighted by molar-refractivity contribution is 6.35. The van der Waals surface area contributed by atoms with Crippen LogP contribution in [0.15, 0.2) is 0 Å². The van der Waals surface area contributed by atoms with Gasteiger partial charge in [0.05, 0.1) is 6.07 Å². The van der Waals surface area contributed by atoms with Gasteiger partial charge in [-0.2, -0.15) is 5.26 Å². The molecular formula is C12H21N3O2. The lowest BCUT2D eigenvalue weighted by molar-refractivity contribution is -0.146. The molecule has 0 spiro atoms. The van der Waals surface area contributed by atoms with Crippen molar-refractivity contribution in [1.82, 2.24) is 10.2 Å². The van der Waals surface area contributed by atoms with Gasteiger partial charge in [0.15, 0.2) is 0 Å². The summed E-state index contributed by atoms with van der Waals surface area (Å²) in [6.45, 7) is 8.94. The van der Waals surface area contributed by atoms with Gasteiger partial charge in [0.1, 0.15) is 6.54 Å². The molecule has 0 aromatic carbocycles. The average Bonchev–Trinajstić information content (AvgIpc) is 2.22. The number of amides is 2. The third-order valence-corrected chi connectivity index (χ3v) is 1.98. The second kappa shape index (κ2) is 7.66. The molecule has 0 fully saturated rings. The van der Waals surface area contributed by atoms with Crippen LogP contribution in [-0.4, -0.2) is 36.3 Å². The van der Waals surface area contributed by atoms with Crippen LogP contribution in [-0.2, 0) is 9.59 Å². The number of rotatable bonds is 5. The van der Waals surface area contributed by atoms with Crippen LogP contribution in [0.5, 0.6) is 0 Å². The van der Waals surface area contributed by atoms with E-state index in [4.69, 9.17) is 5.26 Å². The van der Waals surface area contributed by atoms with Crippen molar-refractivity contribution in [3.8, 4) is 6.07 Å². The molecule has 0 rings (SSSR count).